The van der Waals surface area contributed by atoms with Gasteiger partial charge in [0.05, 0.1) is 6.61 Å². The van der Waals surface area contributed by atoms with Crippen molar-refractivity contribution in [2.24, 2.45) is 0 Å². The Morgan fingerprint density at radius 2 is 1.62 bits per heavy atom. The first-order valence-corrected chi connectivity index (χ1v) is 7.93. The first-order valence-electron chi connectivity index (χ1n) is 7.93. The summed E-state index contributed by atoms with van der Waals surface area (Å²) in [4.78, 5) is 0. The predicted molar refractivity (Wildman–Crippen MR) is 86.0 cm³/mol. The molecule has 0 heterocycles. The average Bonchev–Trinajstić information content (AvgIpc) is 2.50. The maximum atomic E-state index is 13.6. The maximum absolute atomic E-state index is 13.6. The standard InChI is InChI=1S/C18H27FO2/c1-2-16-11-12-18(17(19)15-16)21-14-10-8-6-4-3-5-7-9-13-20/h2,11-12,15,20H,1,3-10,13-14H2. The van der Waals surface area contributed by atoms with Gasteiger partial charge in [0.25, 0.3) is 0 Å². The summed E-state index contributed by atoms with van der Waals surface area (Å²) in [5.74, 6) is 0.000821. The van der Waals surface area contributed by atoms with E-state index in [9.17, 15) is 4.39 Å². The Morgan fingerprint density at radius 1 is 1.00 bits per heavy atom. The highest BCUT2D eigenvalue weighted by Crippen LogP contribution is 2.19. The van der Waals surface area contributed by atoms with Gasteiger partial charge in [-0.25, -0.2) is 4.39 Å². The van der Waals surface area contributed by atoms with Crippen LogP contribution < -0.4 is 4.74 Å². The second-order valence-corrected chi connectivity index (χ2v) is 5.29. The number of aliphatic hydroxyl groups excluding tert-OH is 1. The molecule has 0 bridgehead atoms. The second-order valence-electron chi connectivity index (χ2n) is 5.29. The Kier molecular flexibility index (Phi) is 9.55. The van der Waals surface area contributed by atoms with Gasteiger partial charge in [-0.2, -0.15) is 0 Å². The summed E-state index contributed by atoms with van der Waals surface area (Å²) in [6, 6.07) is 4.90. The number of unbranched alkanes of at least 4 members (excludes halogenated alkanes) is 7. The predicted octanol–water partition coefficient (Wildman–Crippen LogP) is 4.96. The fourth-order valence-electron chi connectivity index (χ4n) is 2.22. The van der Waals surface area contributed by atoms with E-state index in [2.05, 4.69) is 6.58 Å². The Balaban J connectivity index is 2.03. The highest BCUT2D eigenvalue weighted by molar-refractivity contribution is 5.48. The van der Waals surface area contributed by atoms with Gasteiger partial charge in [-0.05, 0) is 30.5 Å². The molecule has 0 aliphatic heterocycles. The molecule has 0 aromatic heterocycles. The highest BCUT2D eigenvalue weighted by atomic mass is 19.1. The lowest BCUT2D eigenvalue weighted by Crippen LogP contribution is -1.99. The first kappa shape index (κ1) is 17.7. The largest absolute Gasteiger partial charge is 0.491 e. The summed E-state index contributed by atoms with van der Waals surface area (Å²) in [6.45, 7) is 4.48. The smallest absolute Gasteiger partial charge is 0.165 e. The van der Waals surface area contributed by atoms with Gasteiger partial charge >= 0.3 is 0 Å². The van der Waals surface area contributed by atoms with E-state index in [1.165, 1.54) is 31.7 Å². The van der Waals surface area contributed by atoms with Crippen LogP contribution in [0.4, 0.5) is 4.39 Å². The van der Waals surface area contributed by atoms with Crippen LogP contribution in [0, 0.1) is 5.82 Å². The van der Waals surface area contributed by atoms with Gasteiger partial charge in [0.15, 0.2) is 11.6 Å². The molecule has 1 aromatic carbocycles. The van der Waals surface area contributed by atoms with E-state index in [1.54, 1.807) is 18.2 Å². The normalized spacial score (nSPS) is 10.6. The maximum Gasteiger partial charge on any atom is 0.165 e. The molecule has 0 fully saturated rings. The number of aliphatic hydroxyl groups is 1. The average molecular weight is 294 g/mol. The number of benzene rings is 1. The highest BCUT2D eigenvalue weighted by Gasteiger charge is 2.03. The third kappa shape index (κ3) is 7.86. The van der Waals surface area contributed by atoms with E-state index in [0.29, 0.717) is 19.0 Å². The van der Waals surface area contributed by atoms with Crippen LogP contribution in [-0.2, 0) is 0 Å². The number of rotatable bonds is 12. The van der Waals surface area contributed by atoms with Crippen molar-refractivity contribution < 1.29 is 14.2 Å². The molecule has 0 atom stereocenters. The van der Waals surface area contributed by atoms with Crippen LogP contribution in [0.1, 0.15) is 56.9 Å². The zero-order valence-corrected chi connectivity index (χ0v) is 12.8. The zero-order valence-electron chi connectivity index (χ0n) is 12.8. The van der Waals surface area contributed by atoms with E-state index in [-0.39, 0.29) is 5.82 Å². The topological polar surface area (TPSA) is 29.5 Å². The molecule has 118 valence electrons. The van der Waals surface area contributed by atoms with Crippen molar-refractivity contribution in [2.75, 3.05) is 13.2 Å². The number of ether oxygens (including phenoxy) is 1. The van der Waals surface area contributed by atoms with Crippen LogP contribution in [0.3, 0.4) is 0 Å². The van der Waals surface area contributed by atoms with Crippen molar-refractivity contribution in [1.29, 1.82) is 0 Å². The third-order valence-corrected chi connectivity index (χ3v) is 3.50. The van der Waals surface area contributed by atoms with Crippen LogP contribution in [0.15, 0.2) is 24.8 Å². The Labute approximate surface area is 127 Å². The molecule has 2 nitrogen and oxygen atoms in total. The van der Waals surface area contributed by atoms with Crippen molar-refractivity contribution in [3.63, 3.8) is 0 Å². The summed E-state index contributed by atoms with van der Waals surface area (Å²) in [5, 5.41) is 8.66. The Hall–Kier alpha value is -1.35. The van der Waals surface area contributed by atoms with Crippen molar-refractivity contribution in [2.45, 2.75) is 51.4 Å². The minimum atomic E-state index is -0.323. The Morgan fingerprint density at radius 3 is 2.19 bits per heavy atom. The lowest BCUT2D eigenvalue weighted by atomic mass is 10.1. The summed E-state index contributed by atoms with van der Waals surface area (Å²) in [6.07, 6.45) is 10.6. The molecular formula is C18H27FO2. The molecule has 0 saturated heterocycles. The molecule has 1 aromatic rings. The van der Waals surface area contributed by atoms with Gasteiger partial charge in [0.2, 0.25) is 0 Å². The van der Waals surface area contributed by atoms with E-state index in [1.807, 2.05) is 0 Å². The summed E-state index contributed by atoms with van der Waals surface area (Å²) >= 11 is 0. The van der Waals surface area contributed by atoms with Crippen molar-refractivity contribution in [1.82, 2.24) is 0 Å². The SMILES string of the molecule is C=Cc1ccc(OCCCCCCCCCCO)c(F)c1. The minimum absolute atomic E-state index is 0.307. The number of halogens is 1. The fraction of sp³-hybridized carbons (Fsp3) is 0.556. The Bertz CT molecular complexity index is 404. The van der Waals surface area contributed by atoms with E-state index >= 15 is 0 Å². The molecule has 3 heteroatoms. The molecular weight excluding hydrogens is 267 g/mol. The van der Waals surface area contributed by atoms with Gasteiger partial charge in [0, 0.05) is 6.61 Å². The fourth-order valence-corrected chi connectivity index (χ4v) is 2.22. The monoisotopic (exact) mass is 294 g/mol. The summed E-state index contributed by atoms with van der Waals surface area (Å²) < 4.78 is 19.1. The van der Waals surface area contributed by atoms with E-state index in [0.717, 1.165) is 31.2 Å². The van der Waals surface area contributed by atoms with Crippen LogP contribution in [-0.4, -0.2) is 18.3 Å². The minimum Gasteiger partial charge on any atom is -0.491 e. The van der Waals surface area contributed by atoms with Crippen LogP contribution in [0.25, 0.3) is 6.08 Å². The van der Waals surface area contributed by atoms with Crippen molar-refractivity contribution >= 4 is 6.08 Å². The van der Waals surface area contributed by atoms with Gasteiger partial charge in [-0.1, -0.05) is 57.2 Å². The molecule has 0 unspecified atom stereocenters. The molecule has 0 aliphatic carbocycles. The summed E-state index contributed by atoms with van der Waals surface area (Å²) in [7, 11) is 0. The lowest BCUT2D eigenvalue weighted by molar-refractivity contribution is 0.281. The van der Waals surface area contributed by atoms with Crippen LogP contribution in [0.2, 0.25) is 0 Å². The molecule has 0 amide bonds. The molecule has 1 rings (SSSR count). The van der Waals surface area contributed by atoms with Gasteiger partial charge in [0.1, 0.15) is 0 Å². The van der Waals surface area contributed by atoms with Gasteiger partial charge < -0.3 is 9.84 Å². The molecule has 21 heavy (non-hydrogen) atoms. The molecule has 1 N–H and O–H groups in total. The van der Waals surface area contributed by atoms with Crippen molar-refractivity contribution in [3.8, 4) is 5.75 Å². The number of hydrogen-bond acceptors (Lipinski definition) is 2. The van der Waals surface area contributed by atoms with Gasteiger partial charge in [-0.3, -0.25) is 0 Å². The van der Waals surface area contributed by atoms with Gasteiger partial charge in [-0.15, -0.1) is 0 Å². The lowest BCUT2D eigenvalue weighted by Gasteiger charge is -2.07. The van der Waals surface area contributed by atoms with E-state index in [4.69, 9.17) is 9.84 Å². The van der Waals surface area contributed by atoms with Crippen LogP contribution >= 0.6 is 0 Å². The van der Waals surface area contributed by atoms with Crippen molar-refractivity contribution in [3.05, 3.63) is 36.2 Å². The second kappa shape index (κ2) is 11.3. The number of hydrogen-bond donors (Lipinski definition) is 1. The molecule has 0 aliphatic rings. The molecule has 0 radical (unpaired) electrons. The zero-order chi connectivity index (χ0) is 15.3. The van der Waals surface area contributed by atoms with Crippen LogP contribution in [0.5, 0.6) is 5.75 Å². The first-order chi connectivity index (χ1) is 10.3. The summed E-state index contributed by atoms with van der Waals surface area (Å²) in [5.41, 5.74) is 0.765. The van der Waals surface area contributed by atoms with E-state index < -0.39 is 0 Å². The molecule has 0 saturated carbocycles. The quantitative estimate of drug-likeness (QED) is 0.552. The molecule has 0 spiro atoms. The third-order valence-electron chi connectivity index (χ3n) is 3.50.